The van der Waals surface area contributed by atoms with Crippen LogP contribution in [0.25, 0.3) is 0 Å². The van der Waals surface area contributed by atoms with Crippen molar-refractivity contribution in [3.05, 3.63) is 23.8 Å². The lowest BCUT2D eigenvalue weighted by Crippen LogP contribution is -2.42. The van der Waals surface area contributed by atoms with E-state index < -0.39 is 5.91 Å². The van der Waals surface area contributed by atoms with Crippen LogP contribution in [0.4, 0.5) is 5.69 Å². The molecule has 6 heteroatoms. The lowest BCUT2D eigenvalue weighted by Gasteiger charge is -2.26. The van der Waals surface area contributed by atoms with Crippen molar-refractivity contribution in [2.75, 3.05) is 19.4 Å². The lowest BCUT2D eigenvalue weighted by molar-refractivity contribution is -0.119. The summed E-state index contributed by atoms with van der Waals surface area (Å²) in [5, 5.41) is 0. The van der Waals surface area contributed by atoms with Crippen LogP contribution in [0.2, 0.25) is 0 Å². The number of nitrogen functional groups attached to an aromatic ring is 1. The quantitative estimate of drug-likeness (QED) is 0.762. The number of methoxy groups -OCH3 is 1. The van der Waals surface area contributed by atoms with E-state index in [-0.39, 0.29) is 18.5 Å². The molecule has 0 unspecified atom stereocenters. The highest BCUT2D eigenvalue weighted by molar-refractivity contribution is 6.00. The number of carbonyl (C=O) groups is 2. The molecule has 0 saturated carbocycles. The monoisotopic (exact) mass is 265 g/mol. The summed E-state index contributed by atoms with van der Waals surface area (Å²) in [4.78, 5) is 24.9. The molecule has 0 radical (unpaired) electrons. The number of nitrogens with zero attached hydrogens (tertiary/aromatic N) is 1. The minimum absolute atomic E-state index is 0.144. The molecular weight excluding hydrogens is 246 g/mol. The van der Waals surface area contributed by atoms with Crippen LogP contribution in [0.1, 0.15) is 24.2 Å². The number of rotatable bonds is 5. The molecule has 0 bridgehead atoms. The molecule has 0 spiro atoms. The first-order chi connectivity index (χ1) is 8.88. The summed E-state index contributed by atoms with van der Waals surface area (Å²) in [5.41, 5.74) is 11.6. The molecule has 0 aliphatic rings. The number of para-hydroxylation sites is 1. The first kappa shape index (κ1) is 14.8. The summed E-state index contributed by atoms with van der Waals surface area (Å²) in [6, 6.07) is 4.75. The van der Waals surface area contributed by atoms with Gasteiger partial charge in [0.2, 0.25) is 5.91 Å². The number of ether oxygens (including phenoxy) is 1. The van der Waals surface area contributed by atoms with Crippen LogP contribution < -0.4 is 16.2 Å². The molecule has 0 aromatic heterocycles. The van der Waals surface area contributed by atoms with Crippen LogP contribution in [-0.4, -0.2) is 36.4 Å². The second kappa shape index (κ2) is 6.08. The minimum Gasteiger partial charge on any atom is -0.494 e. The molecular formula is C13H19N3O3. The normalized spacial score (nSPS) is 10.3. The summed E-state index contributed by atoms with van der Waals surface area (Å²) >= 11 is 0. The van der Waals surface area contributed by atoms with Gasteiger partial charge >= 0.3 is 0 Å². The standard InChI is InChI=1S/C13H19N3O3/c1-8(2)16(7-11(15)17)13(18)9-5-4-6-10(14)12(9)19-3/h4-6,8H,7,14H2,1-3H3,(H2,15,17). The number of primary amides is 1. The van der Waals surface area contributed by atoms with E-state index in [0.717, 1.165) is 0 Å². The number of benzene rings is 1. The third kappa shape index (κ3) is 3.37. The summed E-state index contributed by atoms with van der Waals surface area (Å²) in [7, 11) is 1.44. The molecule has 0 fully saturated rings. The van der Waals surface area contributed by atoms with E-state index in [1.54, 1.807) is 32.0 Å². The predicted octanol–water partition coefficient (Wildman–Crippen LogP) is 0.613. The van der Waals surface area contributed by atoms with Crippen molar-refractivity contribution in [3.8, 4) is 5.75 Å². The molecule has 0 saturated heterocycles. The Morgan fingerprint density at radius 3 is 2.47 bits per heavy atom. The highest BCUT2D eigenvalue weighted by Gasteiger charge is 2.24. The lowest BCUT2D eigenvalue weighted by atomic mass is 10.1. The van der Waals surface area contributed by atoms with Gasteiger partial charge in [-0.25, -0.2) is 0 Å². The Bertz CT molecular complexity index is 486. The van der Waals surface area contributed by atoms with Crippen molar-refractivity contribution in [1.82, 2.24) is 4.90 Å². The number of amides is 2. The van der Waals surface area contributed by atoms with Gasteiger partial charge in [0.1, 0.15) is 0 Å². The van der Waals surface area contributed by atoms with E-state index in [1.807, 2.05) is 0 Å². The van der Waals surface area contributed by atoms with Gasteiger partial charge in [-0.1, -0.05) is 6.07 Å². The molecule has 104 valence electrons. The van der Waals surface area contributed by atoms with Gasteiger partial charge in [0.05, 0.1) is 24.9 Å². The molecule has 0 heterocycles. The smallest absolute Gasteiger partial charge is 0.258 e. The van der Waals surface area contributed by atoms with Gasteiger partial charge in [-0.3, -0.25) is 9.59 Å². The van der Waals surface area contributed by atoms with E-state index >= 15 is 0 Å². The van der Waals surface area contributed by atoms with Crippen molar-refractivity contribution < 1.29 is 14.3 Å². The van der Waals surface area contributed by atoms with Crippen LogP contribution in [0, 0.1) is 0 Å². The van der Waals surface area contributed by atoms with Gasteiger partial charge < -0.3 is 21.1 Å². The van der Waals surface area contributed by atoms with Gasteiger partial charge in [0, 0.05) is 6.04 Å². The molecule has 0 aliphatic carbocycles. The maximum absolute atomic E-state index is 12.4. The maximum Gasteiger partial charge on any atom is 0.258 e. The van der Waals surface area contributed by atoms with E-state index in [9.17, 15) is 9.59 Å². The van der Waals surface area contributed by atoms with Gasteiger partial charge in [0.25, 0.3) is 5.91 Å². The molecule has 1 aromatic carbocycles. The van der Waals surface area contributed by atoms with Gasteiger partial charge in [0.15, 0.2) is 5.75 Å². The summed E-state index contributed by atoms with van der Waals surface area (Å²) in [5.74, 6) is -0.592. The SMILES string of the molecule is COc1c(N)cccc1C(=O)N(CC(N)=O)C(C)C. The summed E-state index contributed by atoms with van der Waals surface area (Å²) in [6.07, 6.45) is 0. The van der Waals surface area contributed by atoms with Crippen molar-refractivity contribution >= 4 is 17.5 Å². The van der Waals surface area contributed by atoms with E-state index in [0.29, 0.717) is 17.0 Å². The van der Waals surface area contributed by atoms with E-state index in [4.69, 9.17) is 16.2 Å². The summed E-state index contributed by atoms with van der Waals surface area (Å²) in [6.45, 7) is 3.47. The van der Waals surface area contributed by atoms with E-state index in [1.165, 1.54) is 12.0 Å². The predicted molar refractivity (Wildman–Crippen MR) is 72.8 cm³/mol. The Morgan fingerprint density at radius 2 is 2.00 bits per heavy atom. The molecule has 4 N–H and O–H groups in total. The molecule has 0 aliphatic heterocycles. The molecule has 1 aromatic rings. The van der Waals surface area contributed by atoms with Crippen LogP contribution in [0.5, 0.6) is 5.75 Å². The molecule has 19 heavy (non-hydrogen) atoms. The van der Waals surface area contributed by atoms with E-state index in [2.05, 4.69) is 0 Å². The molecule has 6 nitrogen and oxygen atoms in total. The molecule has 2 amide bonds. The Hall–Kier alpha value is -2.24. The summed E-state index contributed by atoms with van der Waals surface area (Å²) < 4.78 is 5.14. The number of carbonyl (C=O) groups excluding carboxylic acids is 2. The fourth-order valence-electron chi connectivity index (χ4n) is 1.76. The maximum atomic E-state index is 12.4. The van der Waals surface area contributed by atoms with Crippen LogP contribution in [-0.2, 0) is 4.79 Å². The fourth-order valence-corrected chi connectivity index (χ4v) is 1.76. The van der Waals surface area contributed by atoms with Gasteiger partial charge in [-0.05, 0) is 26.0 Å². The highest BCUT2D eigenvalue weighted by atomic mass is 16.5. The Balaban J connectivity index is 3.16. The first-order valence-corrected chi connectivity index (χ1v) is 5.90. The van der Waals surface area contributed by atoms with Crippen molar-refractivity contribution in [2.45, 2.75) is 19.9 Å². The van der Waals surface area contributed by atoms with Crippen LogP contribution >= 0.6 is 0 Å². The second-order valence-corrected chi connectivity index (χ2v) is 4.42. The zero-order valence-electron chi connectivity index (χ0n) is 11.3. The third-order valence-corrected chi connectivity index (χ3v) is 2.69. The average Bonchev–Trinajstić information content (AvgIpc) is 2.34. The highest BCUT2D eigenvalue weighted by Crippen LogP contribution is 2.27. The number of hydrogen-bond acceptors (Lipinski definition) is 4. The van der Waals surface area contributed by atoms with Crippen LogP contribution in [0.3, 0.4) is 0 Å². The second-order valence-electron chi connectivity index (χ2n) is 4.42. The molecule has 0 atom stereocenters. The van der Waals surface area contributed by atoms with Crippen molar-refractivity contribution in [1.29, 1.82) is 0 Å². The Kier molecular flexibility index (Phi) is 4.74. The Labute approximate surface area is 112 Å². The fraction of sp³-hybridized carbons (Fsp3) is 0.385. The largest absolute Gasteiger partial charge is 0.494 e. The molecule has 1 rings (SSSR count). The number of hydrogen-bond donors (Lipinski definition) is 2. The third-order valence-electron chi connectivity index (χ3n) is 2.69. The van der Waals surface area contributed by atoms with Crippen LogP contribution in [0.15, 0.2) is 18.2 Å². The van der Waals surface area contributed by atoms with Gasteiger partial charge in [-0.15, -0.1) is 0 Å². The first-order valence-electron chi connectivity index (χ1n) is 5.90. The average molecular weight is 265 g/mol. The zero-order valence-corrected chi connectivity index (χ0v) is 11.3. The minimum atomic E-state index is -0.565. The van der Waals surface area contributed by atoms with Crippen molar-refractivity contribution in [2.24, 2.45) is 5.73 Å². The number of anilines is 1. The number of nitrogens with two attached hydrogens (primary N) is 2. The zero-order chi connectivity index (χ0) is 14.6. The Morgan fingerprint density at radius 1 is 1.37 bits per heavy atom. The topological polar surface area (TPSA) is 98.7 Å². The van der Waals surface area contributed by atoms with Gasteiger partial charge in [-0.2, -0.15) is 0 Å². The van der Waals surface area contributed by atoms with Crippen molar-refractivity contribution in [3.63, 3.8) is 0 Å².